The highest BCUT2D eigenvalue weighted by Gasteiger charge is 2.30. The van der Waals surface area contributed by atoms with Crippen molar-refractivity contribution in [2.24, 2.45) is 5.84 Å². The molecule has 1 fully saturated rings. The Labute approximate surface area is 108 Å². The molecule has 5 heteroatoms. The minimum absolute atomic E-state index is 0.277. The highest BCUT2D eigenvalue weighted by atomic mass is 32.2. The summed E-state index contributed by atoms with van der Waals surface area (Å²) in [7, 11) is 0. The van der Waals surface area contributed by atoms with Crippen LogP contribution in [0.5, 0.6) is 0 Å². The molecule has 1 saturated heterocycles. The molecule has 1 aliphatic heterocycles. The smallest absolute Gasteiger partial charge is 0.0644 e. The zero-order valence-electron chi connectivity index (χ0n) is 10.4. The van der Waals surface area contributed by atoms with Crippen LogP contribution in [0.2, 0.25) is 0 Å². The fraction of sp³-hybridized carbons (Fsp3) is 1.00. The van der Waals surface area contributed by atoms with Crippen molar-refractivity contribution in [2.75, 3.05) is 19.0 Å². The molecule has 1 aliphatic rings. The fourth-order valence-corrected chi connectivity index (χ4v) is 4.73. The summed E-state index contributed by atoms with van der Waals surface area (Å²) in [5.74, 6) is 6.78. The normalized spacial score (nSPS) is 32.6. The van der Waals surface area contributed by atoms with E-state index >= 15 is 0 Å². The molecule has 16 heavy (non-hydrogen) atoms. The average molecular weight is 264 g/mol. The van der Waals surface area contributed by atoms with Crippen LogP contribution in [-0.4, -0.2) is 40.8 Å². The van der Waals surface area contributed by atoms with Crippen molar-refractivity contribution in [1.29, 1.82) is 0 Å². The molecule has 0 aromatic carbocycles. The summed E-state index contributed by atoms with van der Waals surface area (Å²) in [5.41, 5.74) is 2.91. The van der Waals surface area contributed by atoms with Gasteiger partial charge in [-0.3, -0.25) is 11.3 Å². The van der Waals surface area contributed by atoms with Crippen LogP contribution in [0.1, 0.15) is 27.2 Å². The van der Waals surface area contributed by atoms with E-state index in [2.05, 4.69) is 26.2 Å². The topological polar surface area (TPSA) is 47.3 Å². The van der Waals surface area contributed by atoms with E-state index in [1.807, 2.05) is 23.5 Å². The van der Waals surface area contributed by atoms with Crippen molar-refractivity contribution < 1.29 is 4.74 Å². The van der Waals surface area contributed by atoms with Crippen LogP contribution in [-0.2, 0) is 4.74 Å². The molecule has 0 radical (unpaired) electrons. The molecule has 96 valence electrons. The largest absolute Gasteiger partial charge is 0.380 e. The number of nitrogens with two attached hydrogens (primary N) is 1. The molecule has 4 unspecified atom stereocenters. The van der Waals surface area contributed by atoms with E-state index in [4.69, 9.17) is 10.6 Å². The summed E-state index contributed by atoms with van der Waals surface area (Å²) >= 11 is 4.09. The minimum atomic E-state index is 0.277. The first-order chi connectivity index (χ1) is 7.69. The molecule has 3 nitrogen and oxygen atoms in total. The van der Waals surface area contributed by atoms with Crippen LogP contribution < -0.4 is 11.3 Å². The maximum atomic E-state index is 5.61. The SMILES string of the molecule is CCCOCC(NN)C1CSC(C)C(C)S1. The van der Waals surface area contributed by atoms with Gasteiger partial charge in [0.05, 0.1) is 12.6 Å². The van der Waals surface area contributed by atoms with Crippen molar-refractivity contribution in [3.05, 3.63) is 0 Å². The molecule has 0 spiro atoms. The molecule has 1 heterocycles. The van der Waals surface area contributed by atoms with Gasteiger partial charge in [-0.25, -0.2) is 0 Å². The van der Waals surface area contributed by atoms with E-state index in [1.165, 1.54) is 5.75 Å². The lowest BCUT2D eigenvalue weighted by molar-refractivity contribution is 0.112. The van der Waals surface area contributed by atoms with E-state index in [-0.39, 0.29) is 6.04 Å². The van der Waals surface area contributed by atoms with Gasteiger partial charge >= 0.3 is 0 Å². The minimum Gasteiger partial charge on any atom is -0.380 e. The predicted molar refractivity (Wildman–Crippen MR) is 75.0 cm³/mol. The second-order valence-electron chi connectivity index (χ2n) is 4.27. The standard InChI is InChI=1S/C11H24N2OS2/c1-4-5-14-6-10(13-12)11-7-15-8(2)9(3)16-11/h8-11,13H,4-7,12H2,1-3H3. The third kappa shape index (κ3) is 4.45. The Morgan fingerprint density at radius 3 is 2.75 bits per heavy atom. The maximum absolute atomic E-state index is 5.61. The van der Waals surface area contributed by atoms with Gasteiger partial charge in [0.1, 0.15) is 0 Å². The molecular formula is C11H24N2OS2. The second-order valence-corrected chi connectivity index (χ2v) is 7.30. The first kappa shape index (κ1) is 14.6. The Bertz CT molecular complexity index is 195. The van der Waals surface area contributed by atoms with Gasteiger partial charge in [0.25, 0.3) is 0 Å². The summed E-state index contributed by atoms with van der Waals surface area (Å²) in [4.78, 5) is 0. The van der Waals surface area contributed by atoms with Gasteiger partial charge in [-0.05, 0) is 6.42 Å². The highest BCUT2D eigenvalue weighted by molar-refractivity contribution is 8.07. The Balaban J connectivity index is 2.34. The van der Waals surface area contributed by atoms with E-state index in [9.17, 15) is 0 Å². The Hall–Kier alpha value is 0.580. The number of ether oxygens (including phenoxy) is 1. The lowest BCUT2D eigenvalue weighted by Crippen LogP contribution is -2.49. The molecule has 0 bridgehead atoms. The predicted octanol–water partition coefficient (Wildman–Crippen LogP) is 1.87. The molecule has 0 aliphatic carbocycles. The second kappa shape index (κ2) is 7.82. The average Bonchev–Trinajstić information content (AvgIpc) is 2.29. The van der Waals surface area contributed by atoms with Crippen LogP contribution in [0.4, 0.5) is 0 Å². The molecule has 0 aromatic rings. The van der Waals surface area contributed by atoms with E-state index in [1.54, 1.807) is 0 Å². The number of thioether (sulfide) groups is 2. The first-order valence-electron chi connectivity index (χ1n) is 6.00. The summed E-state index contributed by atoms with van der Waals surface area (Å²) < 4.78 is 5.59. The van der Waals surface area contributed by atoms with Gasteiger partial charge in [-0.2, -0.15) is 23.5 Å². The monoisotopic (exact) mass is 264 g/mol. The fourth-order valence-electron chi connectivity index (χ4n) is 1.64. The van der Waals surface area contributed by atoms with Crippen LogP contribution in [0, 0.1) is 0 Å². The van der Waals surface area contributed by atoms with Gasteiger partial charge in [0.15, 0.2) is 0 Å². The molecular weight excluding hydrogens is 240 g/mol. The van der Waals surface area contributed by atoms with Gasteiger partial charge in [0.2, 0.25) is 0 Å². The molecule has 3 N–H and O–H groups in total. The quantitative estimate of drug-likeness (QED) is 0.436. The number of rotatable bonds is 6. The summed E-state index contributed by atoms with van der Waals surface area (Å²) in [6, 6.07) is 0.277. The van der Waals surface area contributed by atoms with Crippen molar-refractivity contribution in [3.63, 3.8) is 0 Å². The number of hydrogen-bond donors (Lipinski definition) is 2. The van der Waals surface area contributed by atoms with Gasteiger partial charge in [-0.1, -0.05) is 20.8 Å². The zero-order valence-corrected chi connectivity index (χ0v) is 12.1. The molecule has 4 atom stereocenters. The van der Waals surface area contributed by atoms with Gasteiger partial charge in [-0.15, -0.1) is 0 Å². The first-order valence-corrected chi connectivity index (χ1v) is 7.99. The van der Waals surface area contributed by atoms with Crippen LogP contribution in [0.15, 0.2) is 0 Å². The van der Waals surface area contributed by atoms with Crippen LogP contribution >= 0.6 is 23.5 Å². The van der Waals surface area contributed by atoms with Crippen LogP contribution in [0.25, 0.3) is 0 Å². The third-order valence-electron chi connectivity index (χ3n) is 2.88. The summed E-state index contributed by atoms with van der Waals surface area (Å²) in [5, 5.41) is 2.01. The molecule has 0 saturated carbocycles. The Morgan fingerprint density at radius 2 is 2.19 bits per heavy atom. The number of hydrazine groups is 1. The van der Waals surface area contributed by atoms with E-state index < -0.39 is 0 Å². The zero-order chi connectivity index (χ0) is 12.0. The van der Waals surface area contributed by atoms with Crippen molar-refractivity contribution in [1.82, 2.24) is 5.43 Å². The lowest BCUT2D eigenvalue weighted by Gasteiger charge is -2.35. The third-order valence-corrected chi connectivity index (χ3v) is 6.43. The summed E-state index contributed by atoms with van der Waals surface area (Å²) in [6.45, 7) is 8.28. The van der Waals surface area contributed by atoms with Gasteiger partial charge < -0.3 is 4.74 Å². The van der Waals surface area contributed by atoms with Crippen molar-refractivity contribution in [2.45, 2.75) is 49.0 Å². The Kier molecular flexibility index (Phi) is 7.16. The Morgan fingerprint density at radius 1 is 1.44 bits per heavy atom. The molecule has 0 amide bonds. The van der Waals surface area contributed by atoms with Crippen molar-refractivity contribution in [3.8, 4) is 0 Å². The lowest BCUT2D eigenvalue weighted by atomic mass is 10.2. The van der Waals surface area contributed by atoms with Crippen LogP contribution in [0.3, 0.4) is 0 Å². The molecule has 1 rings (SSSR count). The maximum Gasteiger partial charge on any atom is 0.0644 e. The van der Waals surface area contributed by atoms with E-state index in [0.717, 1.165) is 24.9 Å². The number of nitrogens with one attached hydrogen (secondary N) is 1. The highest BCUT2D eigenvalue weighted by Crippen LogP contribution is 2.36. The van der Waals surface area contributed by atoms with Crippen molar-refractivity contribution >= 4 is 23.5 Å². The van der Waals surface area contributed by atoms with E-state index in [0.29, 0.717) is 10.5 Å². The summed E-state index contributed by atoms with van der Waals surface area (Å²) in [6.07, 6.45) is 1.07. The number of hydrogen-bond acceptors (Lipinski definition) is 5. The molecule has 0 aromatic heterocycles. The van der Waals surface area contributed by atoms with Gasteiger partial charge in [0, 0.05) is 28.1 Å².